The average molecular weight is 231 g/mol. The lowest BCUT2D eigenvalue weighted by molar-refractivity contribution is 0.198. The van der Waals surface area contributed by atoms with Gasteiger partial charge in [-0.1, -0.05) is 30.3 Å². The van der Waals surface area contributed by atoms with Gasteiger partial charge in [0.25, 0.3) is 0 Å². The Morgan fingerprint density at radius 2 is 1.94 bits per heavy atom. The Hall–Kier alpha value is -1.58. The summed E-state index contributed by atoms with van der Waals surface area (Å²) >= 11 is 0. The quantitative estimate of drug-likeness (QED) is 0.776. The van der Waals surface area contributed by atoms with Crippen molar-refractivity contribution in [1.82, 2.24) is 5.32 Å². The van der Waals surface area contributed by atoms with Crippen LogP contribution < -0.4 is 5.32 Å². The standard InChI is InChI=1S/C14H17NO2/c1-16-10-9-15-11-13-7-8-14(17-13)12-5-3-2-4-6-12/h2-8,15H,9-11H2,1H3. The topological polar surface area (TPSA) is 34.4 Å². The monoisotopic (exact) mass is 231 g/mol. The van der Waals surface area contributed by atoms with E-state index in [1.807, 2.05) is 42.5 Å². The maximum absolute atomic E-state index is 5.75. The van der Waals surface area contributed by atoms with Gasteiger partial charge < -0.3 is 14.5 Å². The van der Waals surface area contributed by atoms with E-state index in [1.165, 1.54) is 0 Å². The van der Waals surface area contributed by atoms with Crippen LogP contribution in [0, 0.1) is 0 Å². The summed E-state index contributed by atoms with van der Waals surface area (Å²) in [5.41, 5.74) is 1.11. The smallest absolute Gasteiger partial charge is 0.134 e. The number of benzene rings is 1. The second-order valence-corrected chi connectivity index (χ2v) is 3.80. The molecule has 0 aliphatic rings. The summed E-state index contributed by atoms with van der Waals surface area (Å²) in [4.78, 5) is 0. The molecule has 1 aromatic heterocycles. The van der Waals surface area contributed by atoms with E-state index in [9.17, 15) is 0 Å². The third-order valence-electron chi connectivity index (χ3n) is 2.50. The van der Waals surface area contributed by atoms with Crippen molar-refractivity contribution in [2.45, 2.75) is 6.54 Å². The van der Waals surface area contributed by atoms with Crippen molar-refractivity contribution < 1.29 is 9.15 Å². The van der Waals surface area contributed by atoms with Gasteiger partial charge in [0.05, 0.1) is 13.2 Å². The minimum Gasteiger partial charge on any atom is -0.460 e. The van der Waals surface area contributed by atoms with Crippen molar-refractivity contribution in [3.05, 3.63) is 48.2 Å². The van der Waals surface area contributed by atoms with Gasteiger partial charge in [0, 0.05) is 19.2 Å². The van der Waals surface area contributed by atoms with Crippen LogP contribution in [0.2, 0.25) is 0 Å². The average Bonchev–Trinajstić information content (AvgIpc) is 2.85. The minimum atomic E-state index is 0.715. The molecule has 0 unspecified atom stereocenters. The van der Waals surface area contributed by atoms with Crippen molar-refractivity contribution >= 4 is 0 Å². The van der Waals surface area contributed by atoms with Crippen LogP contribution in [0.4, 0.5) is 0 Å². The third-order valence-corrected chi connectivity index (χ3v) is 2.50. The van der Waals surface area contributed by atoms with Crippen LogP contribution in [0.5, 0.6) is 0 Å². The molecule has 90 valence electrons. The van der Waals surface area contributed by atoms with E-state index in [1.54, 1.807) is 7.11 Å². The summed E-state index contributed by atoms with van der Waals surface area (Å²) in [7, 11) is 1.70. The fourth-order valence-electron chi connectivity index (χ4n) is 1.62. The molecule has 1 aromatic carbocycles. The Morgan fingerprint density at radius 3 is 2.71 bits per heavy atom. The highest BCUT2D eigenvalue weighted by atomic mass is 16.5. The van der Waals surface area contributed by atoms with E-state index in [0.29, 0.717) is 6.61 Å². The van der Waals surface area contributed by atoms with Crippen LogP contribution in [-0.4, -0.2) is 20.3 Å². The Balaban J connectivity index is 1.92. The molecule has 0 aliphatic carbocycles. The highest BCUT2D eigenvalue weighted by Gasteiger charge is 2.03. The first kappa shape index (κ1) is 11.9. The Bertz CT molecular complexity index is 436. The van der Waals surface area contributed by atoms with Gasteiger partial charge in [-0.15, -0.1) is 0 Å². The van der Waals surface area contributed by atoms with Gasteiger partial charge in [-0.25, -0.2) is 0 Å². The first-order valence-corrected chi connectivity index (χ1v) is 5.74. The number of hydrogen-bond donors (Lipinski definition) is 1. The molecule has 0 saturated heterocycles. The third kappa shape index (κ3) is 3.44. The molecule has 0 amide bonds. The lowest BCUT2D eigenvalue weighted by Crippen LogP contribution is -2.18. The Labute approximate surface area is 101 Å². The highest BCUT2D eigenvalue weighted by Crippen LogP contribution is 2.21. The van der Waals surface area contributed by atoms with Crippen LogP contribution in [-0.2, 0) is 11.3 Å². The van der Waals surface area contributed by atoms with Gasteiger partial charge in [-0.3, -0.25) is 0 Å². The molecule has 3 nitrogen and oxygen atoms in total. The molecule has 0 saturated carbocycles. The van der Waals surface area contributed by atoms with Gasteiger partial charge in [-0.2, -0.15) is 0 Å². The molecule has 0 bridgehead atoms. The summed E-state index contributed by atoms with van der Waals surface area (Å²) < 4.78 is 10.7. The Morgan fingerprint density at radius 1 is 1.12 bits per heavy atom. The molecule has 0 spiro atoms. The van der Waals surface area contributed by atoms with Gasteiger partial charge in [0.2, 0.25) is 0 Å². The summed E-state index contributed by atoms with van der Waals surface area (Å²) in [5, 5.41) is 3.25. The van der Waals surface area contributed by atoms with Crippen LogP contribution >= 0.6 is 0 Å². The summed E-state index contributed by atoms with van der Waals surface area (Å²) in [6.45, 7) is 2.28. The molecule has 1 heterocycles. The highest BCUT2D eigenvalue weighted by molar-refractivity contribution is 5.57. The van der Waals surface area contributed by atoms with E-state index in [0.717, 1.165) is 30.2 Å². The second-order valence-electron chi connectivity index (χ2n) is 3.80. The van der Waals surface area contributed by atoms with Gasteiger partial charge >= 0.3 is 0 Å². The predicted molar refractivity (Wildman–Crippen MR) is 67.7 cm³/mol. The molecule has 2 rings (SSSR count). The maximum atomic E-state index is 5.75. The summed E-state index contributed by atoms with van der Waals surface area (Å²) in [6.07, 6.45) is 0. The number of rotatable bonds is 6. The van der Waals surface area contributed by atoms with Crippen molar-refractivity contribution in [3.63, 3.8) is 0 Å². The normalized spacial score (nSPS) is 10.6. The molecule has 0 aliphatic heterocycles. The first-order chi connectivity index (χ1) is 8.40. The Kier molecular flexibility index (Phi) is 4.36. The predicted octanol–water partition coefficient (Wildman–Crippen LogP) is 2.68. The zero-order chi connectivity index (χ0) is 11.9. The zero-order valence-corrected chi connectivity index (χ0v) is 9.98. The maximum Gasteiger partial charge on any atom is 0.134 e. The van der Waals surface area contributed by atoms with E-state index in [4.69, 9.17) is 9.15 Å². The molecule has 0 atom stereocenters. The fourth-order valence-corrected chi connectivity index (χ4v) is 1.62. The molecule has 17 heavy (non-hydrogen) atoms. The minimum absolute atomic E-state index is 0.715. The molecular formula is C14H17NO2. The molecule has 2 aromatic rings. The lowest BCUT2D eigenvalue weighted by atomic mass is 10.2. The zero-order valence-electron chi connectivity index (χ0n) is 9.98. The van der Waals surface area contributed by atoms with E-state index in [-0.39, 0.29) is 0 Å². The summed E-state index contributed by atoms with van der Waals surface area (Å²) in [5.74, 6) is 1.86. The molecule has 0 radical (unpaired) electrons. The van der Waals surface area contributed by atoms with Gasteiger partial charge in [0.1, 0.15) is 11.5 Å². The molecule has 1 N–H and O–H groups in total. The first-order valence-electron chi connectivity index (χ1n) is 5.74. The van der Waals surface area contributed by atoms with Crippen molar-refractivity contribution in [3.8, 4) is 11.3 Å². The van der Waals surface area contributed by atoms with Gasteiger partial charge in [-0.05, 0) is 12.1 Å². The van der Waals surface area contributed by atoms with E-state index in [2.05, 4.69) is 5.32 Å². The van der Waals surface area contributed by atoms with Crippen LogP contribution in [0.15, 0.2) is 46.9 Å². The molecule has 0 fully saturated rings. The molecule has 3 heteroatoms. The number of nitrogens with one attached hydrogen (secondary N) is 1. The number of furan rings is 1. The second kappa shape index (κ2) is 6.23. The van der Waals surface area contributed by atoms with Crippen LogP contribution in [0.1, 0.15) is 5.76 Å². The molecular weight excluding hydrogens is 214 g/mol. The number of hydrogen-bond acceptors (Lipinski definition) is 3. The number of methoxy groups -OCH3 is 1. The van der Waals surface area contributed by atoms with E-state index >= 15 is 0 Å². The largest absolute Gasteiger partial charge is 0.460 e. The van der Waals surface area contributed by atoms with Crippen LogP contribution in [0.3, 0.4) is 0 Å². The van der Waals surface area contributed by atoms with Crippen LogP contribution in [0.25, 0.3) is 11.3 Å². The SMILES string of the molecule is COCCNCc1ccc(-c2ccccc2)o1. The van der Waals surface area contributed by atoms with Gasteiger partial charge in [0.15, 0.2) is 0 Å². The fraction of sp³-hybridized carbons (Fsp3) is 0.286. The van der Waals surface area contributed by atoms with Crippen molar-refractivity contribution in [2.24, 2.45) is 0 Å². The summed E-state index contributed by atoms with van der Waals surface area (Å²) in [6, 6.07) is 14.1. The van der Waals surface area contributed by atoms with Crippen molar-refractivity contribution in [1.29, 1.82) is 0 Å². The van der Waals surface area contributed by atoms with Crippen molar-refractivity contribution in [2.75, 3.05) is 20.3 Å². The lowest BCUT2D eigenvalue weighted by Gasteiger charge is -2.01. The van der Waals surface area contributed by atoms with E-state index < -0.39 is 0 Å². The number of ether oxygens (including phenoxy) is 1.